The van der Waals surface area contributed by atoms with E-state index < -0.39 is 0 Å². The number of hydrogen-bond donors (Lipinski definition) is 0. The summed E-state index contributed by atoms with van der Waals surface area (Å²) in [6.07, 6.45) is 6.01. The van der Waals surface area contributed by atoms with Crippen LogP contribution in [0.5, 0.6) is 0 Å². The molecule has 15 heavy (non-hydrogen) atoms. The standard InChI is InChI=1S/C12H17N3/c1-9-13-6-11-4-5-15(7-10-2-3-10)8-12(11)14-9/h6,10H,2-5,7-8H2,1H3. The predicted octanol–water partition coefficient (Wildman–Crippen LogP) is 1.55. The number of rotatable bonds is 2. The average molecular weight is 203 g/mol. The maximum Gasteiger partial charge on any atom is 0.125 e. The summed E-state index contributed by atoms with van der Waals surface area (Å²) in [6, 6.07) is 0. The van der Waals surface area contributed by atoms with Crippen molar-refractivity contribution in [3.63, 3.8) is 0 Å². The lowest BCUT2D eigenvalue weighted by atomic mass is 10.1. The Hall–Kier alpha value is -0.960. The first-order valence-corrected chi connectivity index (χ1v) is 5.85. The third-order valence-corrected chi connectivity index (χ3v) is 3.36. The quantitative estimate of drug-likeness (QED) is 0.730. The molecule has 1 aliphatic heterocycles. The van der Waals surface area contributed by atoms with Gasteiger partial charge in [-0.1, -0.05) is 0 Å². The van der Waals surface area contributed by atoms with E-state index in [2.05, 4.69) is 14.9 Å². The van der Waals surface area contributed by atoms with Crippen LogP contribution in [0.3, 0.4) is 0 Å². The van der Waals surface area contributed by atoms with E-state index in [1.54, 1.807) is 0 Å². The van der Waals surface area contributed by atoms with Crippen molar-refractivity contribution in [1.29, 1.82) is 0 Å². The van der Waals surface area contributed by atoms with Crippen LogP contribution >= 0.6 is 0 Å². The van der Waals surface area contributed by atoms with Crippen LogP contribution in [0.15, 0.2) is 6.20 Å². The van der Waals surface area contributed by atoms with E-state index >= 15 is 0 Å². The van der Waals surface area contributed by atoms with Crippen LogP contribution in [-0.2, 0) is 13.0 Å². The lowest BCUT2D eigenvalue weighted by molar-refractivity contribution is 0.239. The highest BCUT2D eigenvalue weighted by Crippen LogP contribution is 2.31. The number of aromatic nitrogens is 2. The highest BCUT2D eigenvalue weighted by Gasteiger charge is 2.26. The number of aryl methyl sites for hydroxylation is 1. The van der Waals surface area contributed by atoms with Crippen LogP contribution in [0, 0.1) is 12.8 Å². The lowest BCUT2D eigenvalue weighted by Gasteiger charge is -2.27. The van der Waals surface area contributed by atoms with E-state index in [9.17, 15) is 0 Å². The van der Waals surface area contributed by atoms with Gasteiger partial charge in [-0.2, -0.15) is 0 Å². The third kappa shape index (κ3) is 2.02. The normalized spacial score (nSPS) is 21.4. The molecule has 0 N–H and O–H groups in total. The lowest BCUT2D eigenvalue weighted by Crippen LogP contribution is -2.33. The average Bonchev–Trinajstić information content (AvgIpc) is 3.01. The Bertz CT molecular complexity index is 371. The molecular weight excluding hydrogens is 186 g/mol. The molecule has 3 nitrogen and oxygen atoms in total. The summed E-state index contributed by atoms with van der Waals surface area (Å²) in [4.78, 5) is 11.3. The van der Waals surface area contributed by atoms with Gasteiger partial charge in [0.1, 0.15) is 5.82 Å². The monoisotopic (exact) mass is 203 g/mol. The van der Waals surface area contributed by atoms with Crippen molar-refractivity contribution in [3.05, 3.63) is 23.3 Å². The van der Waals surface area contributed by atoms with E-state index in [1.807, 2.05) is 13.1 Å². The van der Waals surface area contributed by atoms with Crippen molar-refractivity contribution in [2.45, 2.75) is 32.7 Å². The van der Waals surface area contributed by atoms with Crippen molar-refractivity contribution in [3.8, 4) is 0 Å². The van der Waals surface area contributed by atoms with Gasteiger partial charge in [0.2, 0.25) is 0 Å². The second-order valence-corrected chi connectivity index (χ2v) is 4.82. The van der Waals surface area contributed by atoms with Crippen LogP contribution in [0.1, 0.15) is 29.9 Å². The molecule has 0 unspecified atom stereocenters. The fraction of sp³-hybridized carbons (Fsp3) is 0.667. The molecule has 0 bridgehead atoms. The Kier molecular flexibility index (Phi) is 2.20. The van der Waals surface area contributed by atoms with Crippen LogP contribution in [-0.4, -0.2) is 28.0 Å². The van der Waals surface area contributed by atoms with Gasteiger partial charge in [-0.3, -0.25) is 4.90 Å². The van der Waals surface area contributed by atoms with Crippen LogP contribution < -0.4 is 0 Å². The van der Waals surface area contributed by atoms with E-state index in [4.69, 9.17) is 0 Å². The van der Waals surface area contributed by atoms with E-state index in [-0.39, 0.29) is 0 Å². The summed E-state index contributed by atoms with van der Waals surface area (Å²) >= 11 is 0. The molecule has 1 aromatic heterocycles. The molecule has 2 aliphatic rings. The first kappa shape index (κ1) is 9.28. The minimum absolute atomic E-state index is 0.905. The largest absolute Gasteiger partial charge is 0.297 e. The molecule has 1 aromatic rings. The summed E-state index contributed by atoms with van der Waals surface area (Å²) < 4.78 is 0. The first-order valence-electron chi connectivity index (χ1n) is 5.85. The zero-order valence-corrected chi connectivity index (χ0v) is 9.24. The second-order valence-electron chi connectivity index (χ2n) is 4.82. The molecular formula is C12H17N3. The van der Waals surface area contributed by atoms with Gasteiger partial charge in [0, 0.05) is 25.8 Å². The van der Waals surface area contributed by atoms with Crippen molar-refractivity contribution in [1.82, 2.24) is 14.9 Å². The first-order chi connectivity index (χ1) is 7.31. The molecule has 0 atom stereocenters. The maximum absolute atomic E-state index is 4.54. The van der Waals surface area contributed by atoms with Gasteiger partial charge < -0.3 is 0 Å². The summed E-state index contributed by atoms with van der Waals surface area (Å²) in [5.41, 5.74) is 2.61. The molecule has 0 spiro atoms. The molecule has 1 aliphatic carbocycles. The Morgan fingerprint density at radius 2 is 2.33 bits per heavy atom. The molecule has 3 rings (SSSR count). The molecule has 0 aromatic carbocycles. The summed E-state index contributed by atoms with van der Waals surface area (Å²) in [7, 11) is 0. The molecule has 0 amide bonds. The van der Waals surface area contributed by atoms with E-state index in [1.165, 1.54) is 37.2 Å². The molecule has 0 radical (unpaired) electrons. The Morgan fingerprint density at radius 1 is 1.47 bits per heavy atom. The summed E-state index contributed by atoms with van der Waals surface area (Å²) in [6.45, 7) is 5.48. The predicted molar refractivity (Wildman–Crippen MR) is 58.5 cm³/mol. The van der Waals surface area contributed by atoms with Gasteiger partial charge in [-0.25, -0.2) is 9.97 Å². The minimum Gasteiger partial charge on any atom is -0.297 e. The number of hydrogen-bond acceptors (Lipinski definition) is 3. The SMILES string of the molecule is Cc1ncc2c(n1)CN(CC1CC1)CC2. The topological polar surface area (TPSA) is 29.0 Å². The third-order valence-electron chi connectivity index (χ3n) is 3.36. The van der Waals surface area contributed by atoms with Gasteiger partial charge >= 0.3 is 0 Å². The summed E-state index contributed by atoms with van der Waals surface area (Å²) in [5.74, 6) is 1.89. The molecule has 0 saturated heterocycles. The smallest absolute Gasteiger partial charge is 0.125 e. The highest BCUT2D eigenvalue weighted by atomic mass is 15.1. The minimum atomic E-state index is 0.905. The fourth-order valence-corrected chi connectivity index (χ4v) is 2.28. The summed E-state index contributed by atoms with van der Waals surface area (Å²) in [5, 5.41) is 0. The molecule has 1 saturated carbocycles. The van der Waals surface area contributed by atoms with Crippen molar-refractivity contribution >= 4 is 0 Å². The van der Waals surface area contributed by atoms with Gasteiger partial charge in [-0.15, -0.1) is 0 Å². The maximum atomic E-state index is 4.54. The fourth-order valence-electron chi connectivity index (χ4n) is 2.28. The van der Waals surface area contributed by atoms with E-state index in [0.717, 1.165) is 24.7 Å². The van der Waals surface area contributed by atoms with Crippen molar-refractivity contribution in [2.24, 2.45) is 5.92 Å². The number of fused-ring (bicyclic) bond motifs is 1. The second kappa shape index (κ2) is 3.56. The van der Waals surface area contributed by atoms with Gasteiger partial charge in [0.15, 0.2) is 0 Å². The van der Waals surface area contributed by atoms with Crippen LogP contribution in [0.2, 0.25) is 0 Å². The van der Waals surface area contributed by atoms with Crippen molar-refractivity contribution in [2.75, 3.05) is 13.1 Å². The highest BCUT2D eigenvalue weighted by molar-refractivity contribution is 5.20. The zero-order chi connectivity index (χ0) is 10.3. The van der Waals surface area contributed by atoms with Crippen LogP contribution in [0.25, 0.3) is 0 Å². The molecule has 80 valence electrons. The Morgan fingerprint density at radius 3 is 3.13 bits per heavy atom. The van der Waals surface area contributed by atoms with Gasteiger partial charge in [0.05, 0.1) is 5.69 Å². The molecule has 2 heterocycles. The van der Waals surface area contributed by atoms with Crippen molar-refractivity contribution < 1.29 is 0 Å². The van der Waals surface area contributed by atoms with Gasteiger partial charge in [-0.05, 0) is 37.7 Å². The van der Waals surface area contributed by atoms with Crippen LogP contribution in [0.4, 0.5) is 0 Å². The van der Waals surface area contributed by atoms with Gasteiger partial charge in [0.25, 0.3) is 0 Å². The molecule has 3 heteroatoms. The zero-order valence-electron chi connectivity index (χ0n) is 9.24. The molecule has 1 fully saturated rings. The number of nitrogens with zero attached hydrogens (tertiary/aromatic N) is 3. The Balaban J connectivity index is 1.75. The Labute approximate surface area is 90.5 Å². The van der Waals surface area contributed by atoms with E-state index in [0.29, 0.717) is 0 Å².